The molecule has 0 aromatic carbocycles. The third-order valence-electron chi connectivity index (χ3n) is 4.33. The van der Waals surface area contributed by atoms with E-state index >= 15 is 0 Å². The van der Waals surface area contributed by atoms with Gasteiger partial charge in [0.2, 0.25) is 0 Å². The quantitative estimate of drug-likeness (QED) is 0.843. The van der Waals surface area contributed by atoms with Crippen LogP contribution in [0.25, 0.3) is 11.4 Å². The van der Waals surface area contributed by atoms with Gasteiger partial charge in [0.1, 0.15) is 5.82 Å². The average Bonchev–Trinajstić information content (AvgIpc) is 2.62. The second-order valence-electron chi connectivity index (χ2n) is 6.68. The fourth-order valence-corrected chi connectivity index (χ4v) is 3.14. The molecular weight excluding hydrogens is 300 g/mol. The van der Waals surface area contributed by atoms with Crippen LogP contribution in [0.5, 0.6) is 0 Å². The maximum Gasteiger partial charge on any atom is 0.161 e. The number of hydrogen-bond donors (Lipinski definition) is 0. The van der Waals surface area contributed by atoms with Gasteiger partial charge in [-0.2, -0.15) is 0 Å². The number of pyridine rings is 1. The Kier molecular flexibility index (Phi) is 5.41. The summed E-state index contributed by atoms with van der Waals surface area (Å²) in [4.78, 5) is 16.1. The predicted molar refractivity (Wildman–Crippen MR) is 96.0 cm³/mol. The molecule has 0 unspecified atom stereocenters. The van der Waals surface area contributed by atoms with Crippen LogP contribution >= 0.6 is 0 Å². The first kappa shape index (κ1) is 16.8. The van der Waals surface area contributed by atoms with E-state index in [9.17, 15) is 0 Å². The van der Waals surface area contributed by atoms with E-state index < -0.39 is 0 Å². The number of aryl methyl sites for hydroxylation is 1. The molecule has 0 aliphatic carbocycles. The fourth-order valence-electron chi connectivity index (χ4n) is 3.14. The van der Waals surface area contributed by atoms with Crippen molar-refractivity contribution in [3.8, 4) is 11.4 Å². The van der Waals surface area contributed by atoms with Gasteiger partial charge >= 0.3 is 0 Å². The van der Waals surface area contributed by atoms with E-state index in [1.807, 2.05) is 12.1 Å². The first-order valence-electron chi connectivity index (χ1n) is 8.80. The second-order valence-corrected chi connectivity index (χ2v) is 6.68. The standard InChI is InChI=1S/C19H26N4O/c1-4-16-12-18(22-19(21-16)15-5-7-20-8-6-15)23-9-10-24-13-17(23)11-14(2)3/h5-8,12,14,17H,4,9-11,13H2,1-3H3/t17-/m0/s1. The van der Waals surface area contributed by atoms with E-state index in [0.29, 0.717) is 12.0 Å². The highest BCUT2D eigenvalue weighted by atomic mass is 16.5. The molecule has 1 fully saturated rings. The minimum absolute atomic E-state index is 0.378. The molecule has 0 bridgehead atoms. The Hall–Kier alpha value is -2.01. The highest BCUT2D eigenvalue weighted by molar-refractivity contribution is 5.57. The number of rotatable bonds is 5. The SMILES string of the molecule is CCc1cc(N2CCOC[C@@H]2CC(C)C)nc(-c2ccncc2)n1. The number of morpholine rings is 1. The summed E-state index contributed by atoms with van der Waals surface area (Å²) in [6.45, 7) is 9.05. The van der Waals surface area contributed by atoms with E-state index in [-0.39, 0.29) is 0 Å². The lowest BCUT2D eigenvalue weighted by Gasteiger charge is -2.37. The third kappa shape index (κ3) is 3.90. The van der Waals surface area contributed by atoms with E-state index in [0.717, 1.165) is 55.5 Å². The van der Waals surface area contributed by atoms with Gasteiger partial charge < -0.3 is 9.64 Å². The zero-order valence-electron chi connectivity index (χ0n) is 14.8. The van der Waals surface area contributed by atoms with Crippen LogP contribution < -0.4 is 4.90 Å². The highest BCUT2D eigenvalue weighted by Gasteiger charge is 2.25. The molecule has 5 heteroatoms. The van der Waals surface area contributed by atoms with Gasteiger partial charge in [0.25, 0.3) is 0 Å². The van der Waals surface area contributed by atoms with E-state index in [1.54, 1.807) is 12.4 Å². The monoisotopic (exact) mass is 326 g/mol. The Morgan fingerprint density at radius 1 is 1.25 bits per heavy atom. The molecule has 0 radical (unpaired) electrons. The van der Waals surface area contributed by atoms with Crippen molar-refractivity contribution >= 4 is 5.82 Å². The molecule has 3 rings (SSSR count). The lowest BCUT2D eigenvalue weighted by atomic mass is 10.0. The Bertz CT molecular complexity index is 660. The first-order chi connectivity index (χ1) is 11.7. The predicted octanol–water partition coefficient (Wildman–Crippen LogP) is 3.35. The molecule has 3 heterocycles. The highest BCUT2D eigenvalue weighted by Crippen LogP contribution is 2.25. The zero-order chi connectivity index (χ0) is 16.9. The van der Waals surface area contributed by atoms with Crippen molar-refractivity contribution in [3.63, 3.8) is 0 Å². The maximum atomic E-state index is 5.71. The summed E-state index contributed by atoms with van der Waals surface area (Å²) in [5.41, 5.74) is 2.08. The van der Waals surface area contributed by atoms with Gasteiger partial charge in [0.15, 0.2) is 5.82 Å². The molecule has 1 aliphatic heterocycles. The van der Waals surface area contributed by atoms with Crippen LogP contribution in [0.15, 0.2) is 30.6 Å². The smallest absolute Gasteiger partial charge is 0.161 e. The molecule has 0 amide bonds. The summed E-state index contributed by atoms with van der Waals surface area (Å²) < 4.78 is 5.71. The van der Waals surface area contributed by atoms with Crippen LogP contribution in [0.1, 0.15) is 32.9 Å². The Morgan fingerprint density at radius 2 is 2.04 bits per heavy atom. The number of nitrogens with zero attached hydrogens (tertiary/aromatic N) is 4. The van der Waals surface area contributed by atoms with Crippen LogP contribution in [0.2, 0.25) is 0 Å². The summed E-state index contributed by atoms with van der Waals surface area (Å²) in [6.07, 6.45) is 5.57. The minimum Gasteiger partial charge on any atom is -0.377 e. The van der Waals surface area contributed by atoms with Crippen molar-refractivity contribution in [2.75, 3.05) is 24.7 Å². The largest absolute Gasteiger partial charge is 0.377 e. The summed E-state index contributed by atoms with van der Waals surface area (Å²) in [7, 11) is 0. The van der Waals surface area contributed by atoms with Gasteiger partial charge in [-0.1, -0.05) is 20.8 Å². The second kappa shape index (κ2) is 7.71. The molecule has 1 atom stereocenters. The van der Waals surface area contributed by atoms with Crippen molar-refractivity contribution < 1.29 is 4.74 Å². The van der Waals surface area contributed by atoms with E-state index in [1.165, 1.54) is 0 Å². The van der Waals surface area contributed by atoms with E-state index in [4.69, 9.17) is 14.7 Å². The summed E-state index contributed by atoms with van der Waals surface area (Å²) in [6, 6.07) is 6.43. The number of anilines is 1. The molecule has 5 nitrogen and oxygen atoms in total. The van der Waals surface area contributed by atoms with Crippen molar-refractivity contribution in [2.45, 2.75) is 39.7 Å². The summed E-state index contributed by atoms with van der Waals surface area (Å²) >= 11 is 0. The van der Waals surface area contributed by atoms with Crippen molar-refractivity contribution in [1.29, 1.82) is 0 Å². The number of aromatic nitrogens is 3. The van der Waals surface area contributed by atoms with Crippen LogP contribution in [0.4, 0.5) is 5.82 Å². The molecule has 128 valence electrons. The van der Waals surface area contributed by atoms with Gasteiger partial charge in [-0.15, -0.1) is 0 Å². The summed E-state index contributed by atoms with van der Waals surface area (Å²) in [5.74, 6) is 2.43. The van der Waals surface area contributed by atoms with Crippen molar-refractivity contribution in [3.05, 3.63) is 36.3 Å². The van der Waals surface area contributed by atoms with E-state index in [2.05, 4.69) is 36.7 Å². The lowest BCUT2D eigenvalue weighted by Crippen LogP contribution is -2.46. The maximum absolute atomic E-state index is 5.71. The zero-order valence-corrected chi connectivity index (χ0v) is 14.8. The number of hydrogen-bond acceptors (Lipinski definition) is 5. The third-order valence-corrected chi connectivity index (χ3v) is 4.33. The Labute approximate surface area is 144 Å². The van der Waals surface area contributed by atoms with Gasteiger partial charge in [0.05, 0.1) is 19.3 Å². The Morgan fingerprint density at radius 3 is 2.75 bits per heavy atom. The molecule has 2 aromatic rings. The normalized spacial score (nSPS) is 18.2. The average molecular weight is 326 g/mol. The topological polar surface area (TPSA) is 51.1 Å². The molecule has 0 spiro atoms. The van der Waals surface area contributed by atoms with Crippen LogP contribution in [-0.4, -0.2) is 40.8 Å². The van der Waals surface area contributed by atoms with Gasteiger partial charge in [-0.05, 0) is 30.9 Å². The molecule has 1 saturated heterocycles. The van der Waals surface area contributed by atoms with Gasteiger partial charge in [0, 0.05) is 36.3 Å². The lowest BCUT2D eigenvalue weighted by molar-refractivity contribution is 0.0873. The summed E-state index contributed by atoms with van der Waals surface area (Å²) in [5, 5.41) is 0. The molecule has 24 heavy (non-hydrogen) atoms. The molecular formula is C19H26N4O. The van der Waals surface area contributed by atoms with Gasteiger partial charge in [-0.3, -0.25) is 4.98 Å². The van der Waals surface area contributed by atoms with Crippen LogP contribution in [-0.2, 0) is 11.2 Å². The van der Waals surface area contributed by atoms with Crippen LogP contribution in [0, 0.1) is 5.92 Å². The molecule has 0 N–H and O–H groups in total. The minimum atomic E-state index is 0.378. The van der Waals surface area contributed by atoms with Crippen molar-refractivity contribution in [1.82, 2.24) is 15.0 Å². The fraction of sp³-hybridized carbons (Fsp3) is 0.526. The molecule has 2 aromatic heterocycles. The Balaban J connectivity index is 1.96. The first-order valence-corrected chi connectivity index (χ1v) is 8.80. The molecule has 0 saturated carbocycles. The van der Waals surface area contributed by atoms with Crippen LogP contribution in [0.3, 0.4) is 0 Å². The number of ether oxygens (including phenoxy) is 1. The van der Waals surface area contributed by atoms with Gasteiger partial charge in [-0.25, -0.2) is 9.97 Å². The molecule has 1 aliphatic rings. The van der Waals surface area contributed by atoms with Crippen molar-refractivity contribution in [2.24, 2.45) is 5.92 Å².